The summed E-state index contributed by atoms with van der Waals surface area (Å²) >= 11 is 0. The van der Waals surface area contributed by atoms with Crippen molar-refractivity contribution in [3.05, 3.63) is 0 Å². The summed E-state index contributed by atoms with van der Waals surface area (Å²) in [5, 5.41) is 9.15. The Morgan fingerprint density at radius 1 is 1.31 bits per heavy atom. The van der Waals surface area contributed by atoms with Crippen LogP contribution in [0.3, 0.4) is 0 Å². The smallest absolute Gasteiger partial charge is 0.310 e. The molecular weight excluding hydrogens is 164 g/mol. The van der Waals surface area contributed by atoms with Crippen molar-refractivity contribution in [2.24, 2.45) is 5.41 Å². The molecule has 13 heavy (non-hydrogen) atoms. The van der Waals surface area contributed by atoms with Crippen molar-refractivity contribution in [3.8, 4) is 12.3 Å². The van der Waals surface area contributed by atoms with Gasteiger partial charge in [-0.1, -0.05) is 25.7 Å². The molecule has 0 atom stereocenters. The molecule has 0 aliphatic heterocycles. The van der Waals surface area contributed by atoms with E-state index in [1.807, 2.05) is 0 Å². The molecule has 72 valence electrons. The van der Waals surface area contributed by atoms with Crippen LogP contribution in [0.1, 0.15) is 44.9 Å². The molecule has 2 heteroatoms. The lowest BCUT2D eigenvalue weighted by atomic mass is 9.78. The van der Waals surface area contributed by atoms with Gasteiger partial charge in [-0.05, 0) is 12.8 Å². The second kappa shape index (κ2) is 4.32. The zero-order valence-electron chi connectivity index (χ0n) is 7.88. The van der Waals surface area contributed by atoms with Crippen LogP contribution in [0.4, 0.5) is 0 Å². The average Bonchev–Trinajstić information content (AvgIpc) is 2.31. The molecule has 0 aromatic carbocycles. The fraction of sp³-hybridized carbons (Fsp3) is 0.727. The molecule has 1 rings (SSSR count). The van der Waals surface area contributed by atoms with E-state index < -0.39 is 11.4 Å². The third kappa shape index (κ3) is 2.24. The van der Waals surface area contributed by atoms with Crippen molar-refractivity contribution in [2.45, 2.75) is 44.9 Å². The van der Waals surface area contributed by atoms with Gasteiger partial charge in [0.05, 0.1) is 5.41 Å². The second-order valence-corrected chi connectivity index (χ2v) is 3.88. The quantitative estimate of drug-likeness (QED) is 0.523. The van der Waals surface area contributed by atoms with Crippen LogP contribution in [0.2, 0.25) is 0 Å². The Hall–Kier alpha value is -0.970. The first-order valence-corrected chi connectivity index (χ1v) is 4.88. The minimum atomic E-state index is -0.702. The lowest BCUT2D eigenvalue weighted by Crippen LogP contribution is -2.29. The molecule has 0 amide bonds. The molecule has 1 aliphatic carbocycles. The van der Waals surface area contributed by atoms with E-state index in [9.17, 15) is 4.79 Å². The molecule has 0 saturated heterocycles. The average molecular weight is 180 g/mol. The summed E-state index contributed by atoms with van der Waals surface area (Å²) < 4.78 is 0. The highest BCUT2D eigenvalue weighted by Gasteiger charge is 2.37. The minimum Gasteiger partial charge on any atom is -0.481 e. The molecular formula is C11H16O2. The van der Waals surface area contributed by atoms with E-state index >= 15 is 0 Å². The fourth-order valence-electron chi connectivity index (χ4n) is 2.07. The molecule has 0 aromatic rings. The Balaban J connectivity index is 2.75. The van der Waals surface area contributed by atoms with Crippen LogP contribution in [-0.2, 0) is 4.79 Å². The van der Waals surface area contributed by atoms with Crippen molar-refractivity contribution in [1.82, 2.24) is 0 Å². The SMILES string of the molecule is C#CCC1(C(=O)O)CCCCCC1. The Bertz CT molecular complexity index is 217. The number of carboxylic acids is 1. The van der Waals surface area contributed by atoms with Crippen molar-refractivity contribution in [2.75, 3.05) is 0 Å². The van der Waals surface area contributed by atoms with E-state index in [1.165, 1.54) is 0 Å². The van der Waals surface area contributed by atoms with Crippen molar-refractivity contribution in [3.63, 3.8) is 0 Å². The highest BCUT2D eigenvalue weighted by atomic mass is 16.4. The maximum atomic E-state index is 11.1. The van der Waals surface area contributed by atoms with Crippen LogP contribution in [0.5, 0.6) is 0 Å². The second-order valence-electron chi connectivity index (χ2n) is 3.88. The molecule has 0 radical (unpaired) electrons. The molecule has 2 nitrogen and oxygen atoms in total. The van der Waals surface area contributed by atoms with Gasteiger partial charge in [0.25, 0.3) is 0 Å². The van der Waals surface area contributed by atoms with Crippen LogP contribution in [0.15, 0.2) is 0 Å². The van der Waals surface area contributed by atoms with Crippen molar-refractivity contribution in [1.29, 1.82) is 0 Å². The lowest BCUT2D eigenvalue weighted by molar-refractivity contribution is -0.149. The summed E-state index contributed by atoms with van der Waals surface area (Å²) in [6.45, 7) is 0. The van der Waals surface area contributed by atoms with Crippen LogP contribution in [0, 0.1) is 17.8 Å². The Labute approximate surface area is 79.3 Å². The highest BCUT2D eigenvalue weighted by molar-refractivity contribution is 5.75. The van der Waals surface area contributed by atoms with E-state index in [4.69, 9.17) is 11.5 Å². The third-order valence-corrected chi connectivity index (χ3v) is 2.95. The van der Waals surface area contributed by atoms with Crippen molar-refractivity contribution >= 4 is 5.97 Å². The van der Waals surface area contributed by atoms with E-state index in [-0.39, 0.29) is 0 Å². The normalized spacial score (nSPS) is 21.5. The monoisotopic (exact) mass is 180 g/mol. The standard InChI is InChI=1S/C11H16O2/c1-2-7-11(10(12)13)8-5-3-4-6-9-11/h1H,3-9H2,(H,12,13). The summed E-state index contributed by atoms with van der Waals surface area (Å²) in [5.74, 6) is 1.81. The molecule has 1 saturated carbocycles. The largest absolute Gasteiger partial charge is 0.481 e. The zero-order chi connectivity index (χ0) is 9.73. The molecule has 0 aromatic heterocycles. The van der Waals surface area contributed by atoms with Gasteiger partial charge in [0, 0.05) is 6.42 Å². The van der Waals surface area contributed by atoms with Gasteiger partial charge in [-0.3, -0.25) is 4.79 Å². The van der Waals surface area contributed by atoms with E-state index in [0.29, 0.717) is 6.42 Å². The van der Waals surface area contributed by atoms with E-state index in [1.54, 1.807) is 0 Å². The van der Waals surface area contributed by atoms with Crippen LogP contribution >= 0.6 is 0 Å². The van der Waals surface area contributed by atoms with Gasteiger partial charge in [-0.25, -0.2) is 0 Å². The number of hydrogen-bond donors (Lipinski definition) is 1. The molecule has 1 fully saturated rings. The van der Waals surface area contributed by atoms with Crippen LogP contribution in [-0.4, -0.2) is 11.1 Å². The number of carbonyl (C=O) groups is 1. The van der Waals surface area contributed by atoms with Gasteiger partial charge in [-0.15, -0.1) is 12.3 Å². The Morgan fingerprint density at radius 3 is 2.23 bits per heavy atom. The number of carboxylic acid groups (broad SMARTS) is 1. The predicted octanol–water partition coefficient (Wildman–Crippen LogP) is 2.43. The van der Waals surface area contributed by atoms with Gasteiger partial charge in [0.2, 0.25) is 0 Å². The topological polar surface area (TPSA) is 37.3 Å². The summed E-state index contributed by atoms with van der Waals surface area (Å²) in [6, 6.07) is 0. The first-order chi connectivity index (χ1) is 6.21. The van der Waals surface area contributed by atoms with E-state index in [0.717, 1.165) is 38.5 Å². The minimum absolute atomic E-state index is 0.391. The maximum absolute atomic E-state index is 11.1. The molecule has 1 aliphatic rings. The van der Waals surface area contributed by atoms with Gasteiger partial charge < -0.3 is 5.11 Å². The lowest BCUT2D eigenvalue weighted by Gasteiger charge is -2.25. The van der Waals surface area contributed by atoms with Crippen LogP contribution < -0.4 is 0 Å². The van der Waals surface area contributed by atoms with Gasteiger partial charge >= 0.3 is 5.97 Å². The summed E-state index contributed by atoms with van der Waals surface area (Å²) in [4.78, 5) is 11.1. The summed E-state index contributed by atoms with van der Waals surface area (Å²) in [5.41, 5.74) is -0.606. The third-order valence-electron chi connectivity index (χ3n) is 2.95. The van der Waals surface area contributed by atoms with E-state index in [2.05, 4.69) is 5.92 Å². The number of aliphatic carboxylic acids is 1. The predicted molar refractivity (Wildman–Crippen MR) is 51.2 cm³/mol. The van der Waals surface area contributed by atoms with Gasteiger partial charge in [0.1, 0.15) is 0 Å². The molecule has 0 bridgehead atoms. The molecule has 0 heterocycles. The van der Waals surface area contributed by atoms with Crippen LogP contribution in [0.25, 0.3) is 0 Å². The fourth-order valence-corrected chi connectivity index (χ4v) is 2.07. The number of hydrogen-bond acceptors (Lipinski definition) is 1. The Morgan fingerprint density at radius 2 is 1.85 bits per heavy atom. The Kier molecular flexibility index (Phi) is 3.36. The molecule has 0 spiro atoms. The zero-order valence-corrected chi connectivity index (χ0v) is 7.88. The van der Waals surface area contributed by atoms with Gasteiger partial charge in [-0.2, -0.15) is 0 Å². The first-order valence-electron chi connectivity index (χ1n) is 4.88. The maximum Gasteiger partial charge on any atom is 0.310 e. The number of rotatable bonds is 2. The summed E-state index contributed by atoms with van der Waals surface area (Å²) in [7, 11) is 0. The molecule has 1 N–H and O–H groups in total. The molecule has 0 unspecified atom stereocenters. The summed E-state index contributed by atoms with van der Waals surface area (Å²) in [6.07, 6.45) is 11.4. The first kappa shape index (κ1) is 10.1. The number of terminal acetylenes is 1. The van der Waals surface area contributed by atoms with Crippen molar-refractivity contribution < 1.29 is 9.90 Å². The highest BCUT2D eigenvalue weighted by Crippen LogP contribution is 2.37. The van der Waals surface area contributed by atoms with Gasteiger partial charge in [0.15, 0.2) is 0 Å².